The maximum Gasteiger partial charge on any atom is 0.305 e. The average molecular weight is 408 g/mol. The molecule has 0 radical (unpaired) electrons. The highest BCUT2D eigenvalue weighted by atomic mass is 16.6. The lowest BCUT2D eigenvalue weighted by Crippen LogP contribution is -2.61. The summed E-state index contributed by atoms with van der Waals surface area (Å²) in [7, 11) is 0. The number of hydrogen-bond donors (Lipinski definition) is 3. The van der Waals surface area contributed by atoms with Crippen LogP contribution in [0.15, 0.2) is 30.3 Å². The van der Waals surface area contributed by atoms with Gasteiger partial charge in [0.25, 0.3) is 0 Å². The lowest BCUT2D eigenvalue weighted by atomic mass is 9.88. The number of carboxylic acid groups (broad SMARTS) is 1. The number of carbonyl (C=O) groups is 1. The molecular weight excluding hydrogens is 380 g/mol. The van der Waals surface area contributed by atoms with Crippen LogP contribution in [0.2, 0.25) is 0 Å². The topological polar surface area (TPSA) is 115 Å². The summed E-state index contributed by atoms with van der Waals surface area (Å²) in [5.41, 5.74) is 1.07. The maximum atomic E-state index is 11.0. The zero-order valence-electron chi connectivity index (χ0n) is 16.1. The molecule has 0 aliphatic carbocycles. The third kappa shape index (κ3) is 4.63. The number of aliphatic hydroxyl groups is 2. The van der Waals surface area contributed by atoms with Gasteiger partial charge in [0.15, 0.2) is 0 Å². The lowest BCUT2D eigenvalue weighted by Gasteiger charge is -2.46. The Labute approximate surface area is 169 Å². The molecule has 3 N–H and O–H groups in total. The predicted octanol–water partition coefficient (Wildman–Crippen LogP) is 0.872. The fourth-order valence-corrected chi connectivity index (χ4v) is 4.47. The summed E-state index contributed by atoms with van der Waals surface area (Å²) in [6.45, 7) is 0.898. The van der Waals surface area contributed by atoms with E-state index in [2.05, 4.69) is 0 Å². The van der Waals surface area contributed by atoms with E-state index in [1.54, 1.807) is 0 Å². The minimum Gasteiger partial charge on any atom is -0.481 e. The average Bonchev–Trinajstić information content (AvgIpc) is 3.02. The second kappa shape index (κ2) is 9.07. The van der Waals surface area contributed by atoms with Gasteiger partial charge in [-0.3, -0.25) is 4.79 Å². The third-order valence-electron chi connectivity index (χ3n) is 5.93. The number of aliphatic carboxylic acids is 1. The standard InChI is InChI=1S/C21H28O8/c22-16(23)10-13-6-7-15-19(27-13)18(25)21-20(29-15)17(24)14(28-21)8-9-26-11-12-4-2-1-3-5-12/h1-5,13-15,17-21,24-25H,6-11H2,(H,22,23)/t13-,14-,15+,17-,18+,19+,20+,21+/m1/s1. The smallest absolute Gasteiger partial charge is 0.305 e. The Kier molecular flexibility index (Phi) is 6.48. The summed E-state index contributed by atoms with van der Waals surface area (Å²) in [5, 5.41) is 30.4. The maximum absolute atomic E-state index is 11.0. The molecule has 4 rings (SSSR count). The largest absolute Gasteiger partial charge is 0.481 e. The van der Waals surface area contributed by atoms with Crippen LogP contribution in [0, 0.1) is 0 Å². The van der Waals surface area contributed by atoms with Crippen LogP contribution < -0.4 is 0 Å². The predicted molar refractivity (Wildman–Crippen MR) is 100 cm³/mol. The van der Waals surface area contributed by atoms with Gasteiger partial charge in [0.2, 0.25) is 0 Å². The van der Waals surface area contributed by atoms with Gasteiger partial charge in [-0.15, -0.1) is 0 Å². The number of fused-ring (bicyclic) bond motifs is 2. The van der Waals surface area contributed by atoms with E-state index in [-0.39, 0.29) is 12.5 Å². The Morgan fingerprint density at radius 1 is 1.00 bits per heavy atom. The van der Waals surface area contributed by atoms with Crippen LogP contribution in [0.1, 0.15) is 31.2 Å². The van der Waals surface area contributed by atoms with Gasteiger partial charge in [-0.25, -0.2) is 0 Å². The zero-order chi connectivity index (χ0) is 20.4. The van der Waals surface area contributed by atoms with Crippen molar-refractivity contribution >= 4 is 5.97 Å². The van der Waals surface area contributed by atoms with Gasteiger partial charge in [0, 0.05) is 6.61 Å². The summed E-state index contributed by atoms with van der Waals surface area (Å²) < 4.78 is 23.4. The monoisotopic (exact) mass is 408 g/mol. The van der Waals surface area contributed by atoms with Crippen LogP contribution in [-0.2, 0) is 30.3 Å². The molecule has 1 aromatic rings. The quantitative estimate of drug-likeness (QED) is 0.570. The molecule has 0 unspecified atom stereocenters. The number of rotatable bonds is 7. The first kappa shape index (κ1) is 20.7. The molecule has 8 heteroatoms. The van der Waals surface area contributed by atoms with E-state index in [1.165, 1.54) is 0 Å². The molecule has 3 aliphatic rings. The third-order valence-corrected chi connectivity index (χ3v) is 5.93. The molecule has 3 saturated heterocycles. The van der Waals surface area contributed by atoms with E-state index in [4.69, 9.17) is 24.1 Å². The summed E-state index contributed by atoms with van der Waals surface area (Å²) in [5.74, 6) is -0.930. The van der Waals surface area contributed by atoms with Gasteiger partial charge < -0.3 is 34.3 Å². The summed E-state index contributed by atoms with van der Waals surface area (Å²) in [6.07, 6.45) is -3.60. The highest BCUT2D eigenvalue weighted by Gasteiger charge is 2.56. The van der Waals surface area contributed by atoms with Crippen LogP contribution in [0.4, 0.5) is 0 Å². The summed E-state index contributed by atoms with van der Waals surface area (Å²) in [4.78, 5) is 11.0. The molecule has 1 aromatic carbocycles. The summed E-state index contributed by atoms with van der Waals surface area (Å²) >= 11 is 0. The van der Waals surface area contributed by atoms with E-state index < -0.39 is 48.7 Å². The molecular formula is C21H28O8. The van der Waals surface area contributed by atoms with Gasteiger partial charge >= 0.3 is 5.97 Å². The molecule has 0 amide bonds. The molecule has 0 aromatic heterocycles. The normalized spacial score (nSPS) is 39.0. The van der Waals surface area contributed by atoms with Crippen molar-refractivity contribution in [3.8, 4) is 0 Å². The minimum absolute atomic E-state index is 0.102. The van der Waals surface area contributed by atoms with Crippen LogP contribution in [0.25, 0.3) is 0 Å². The number of carboxylic acids is 1. The SMILES string of the molecule is O=C(O)C[C@H]1CC[C@@H]2O[C@H]3[C@H](O)[C@@H](CCOCc4ccccc4)O[C@H]3[C@@H](O)[C@H]2O1. The van der Waals surface area contributed by atoms with Crippen molar-refractivity contribution in [2.45, 2.75) is 81.1 Å². The van der Waals surface area contributed by atoms with Crippen molar-refractivity contribution < 1.29 is 39.1 Å². The molecule has 29 heavy (non-hydrogen) atoms. The minimum atomic E-state index is -0.972. The highest BCUT2D eigenvalue weighted by molar-refractivity contribution is 5.67. The molecule has 0 spiro atoms. The molecule has 3 fully saturated rings. The second-order valence-electron chi connectivity index (χ2n) is 7.98. The Morgan fingerprint density at radius 2 is 1.76 bits per heavy atom. The van der Waals surface area contributed by atoms with E-state index in [9.17, 15) is 15.0 Å². The Morgan fingerprint density at radius 3 is 2.52 bits per heavy atom. The van der Waals surface area contributed by atoms with Gasteiger partial charge in [-0.1, -0.05) is 30.3 Å². The number of ether oxygens (including phenoxy) is 4. The summed E-state index contributed by atoms with van der Waals surface area (Å²) in [6, 6.07) is 9.82. The van der Waals surface area contributed by atoms with E-state index >= 15 is 0 Å². The van der Waals surface area contributed by atoms with Crippen LogP contribution >= 0.6 is 0 Å². The first-order valence-electron chi connectivity index (χ1n) is 10.2. The first-order chi connectivity index (χ1) is 14.0. The Hall–Kier alpha value is -1.55. The van der Waals surface area contributed by atoms with Crippen molar-refractivity contribution in [1.29, 1.82) is 0 Å². The lowest BCUT2D eigenvalue weighted by molar-refractivity contribution is -0.259. The van der Waals surface area contributed by atoms with Crippen molar-refractivity contribution in [3.05, 3.63) is 35.9 Å². The van der Waals surface area contributed by atoms with Crippen LogP contribution in [-0.4, -0.2) is 76.7 Å². The van der Waals surface area contributed by atoms with E-state index in [0.717, 1.165) is 5.56 Å². The van der Waals surface area contributed by atoms with Crippen LogP contribution in [0.5, 0.6) is 0 Å². The van der Waals surface area contributed by atoms with E-state index in [0.29, 0.717) is 32.5 Å². The molecule has 0 bridgehead atoms. The number of benzene rings is 1. The highest BCUT2D eigenvalue weighted by Crippen LogP contribution is 2.39. The molecule has 3 heterocycles. The Bertz CT molecular complexity index is 683. The Balaban J connectivity index is 1.30. The molecule has 160 valence electrons. The van der Waals surface area contributed by atoms with E-state index in [1.807, 2.05) is 30.3 Å². The van der Waals surface area contributed by atoms with Crippen molar-refractivity contribution in [1.82, 2.24) is 0 Å². The number of hydrogen-bond acceptors (Lipinski definition) is 7. The van der Waals surface area contributed by atoms with Gasteiger partial charge in [-0.2, -0.15) is 0 Å². The molecule has 0 saturated carbocycles. The zero-order valence-corrected chi connectivity index (χ0v) is 16.1. The van der Waals surface area contributed by atoms with Gasteiger partial charge in [-0.05, 0) is 24.8 Å². The molecule has 3 aliphatic heterocycles. The van der Waals surface area contributed by atoms with Gasteiger partial charge in [0.05, 0.1) is 31.3 Å². The van der Waals surface area contributed by atoms with Crippen molar-refractivity contribution in [3.63, 3.8) is 0 Å². The number of aliphatic hydroxyl groups excluding tert-OH is 2. The second-order valence-corrected chi connectivity index (χ2v) is 7.98. The molecule has 8 atom stereocenters. The van der Waals surface area contributed by atoms with Gasteiger partial charge in [0.1, 0.15) is 30.5 Å². The molecule has 8 nitrogen and oxygen atoms in total. The fourth-order valence-electron chi connectivity index (χ4n) is 4.47. The van der Waals surface area contributed by atoms with Crippen LogP contribution in [0.3, 0.4) is 0 Å². The van der Waals surface area contributed by atoms with Crippen molar-refractivity contribution in [2.75, 3.05) is 6.61 Å². The first-order valence-corrected chi connectivity index (χ1v) is 10.2. The van der Waals surface area contributed by atoms with Crippen molar-refractivity contribution in [2.24, 2.45) is 0 Å². The fraction of sp³-hybridized carbons (Fsp3) is 0.667.